The van der Waals surface area contributed by atoms with Crippen molar-refractivity contribution in [2.24, 2.45) is 0 Å². The van der Waals surface area contributed by atoms with Crippen LogP contribution in [0, 0.1) is 0 Å². The fourth-order valence-electron chi connectivity index (χ4n) is 3.03. The fraction of sp³-hybridized carbons (Fsp3) is 0.200. The van der Waals surface area contributed by atoms with Crippen LogP contribution in [0.5, 0.6) is 5.75 Å². The van der Waals surface area contributed by atoms with Gasteiger partial charge in [0, 0.05) is 18.0 Å². The first-order chi connectivity index (χ1) is 13.0. The zero-order valence-electron chi connectivity index (χ0n) is 15.2. The third-order valence-corrected chi connectivity index (χ3v) is 4.39. The van der Waals surface area contributed by atoms with E-state index >= 15 is 0 Å². The van der Waals surface area contributed by atoms with Crippen molar-refractivity contribution in [2.45, 2.75) is 6.42 Å². The number of carboxylic acid groups (broad SMARTS) is 1. The number of esters is 1. The van der Waals surface area contributed by atoms with E-state index in [1.807, 2.05) is 6.20 Å². The molecule has 0 fully saturated rings. The quantitative estimate of drug-likeness (QED) is 0.673. The van der Waals surface area contributed by atoms with Gasteiger partial charge in [0.05, 0.1) is 30.9 Å². The van der Waals surface area contributed by atoms with Crippen molar-refractivity contribution >= 4 is 22.8 Å². The van der Waals surface area contributed by atoms with E-state index in [9.17, 15) is 9.59 Å². The predicted octanol–water partition coefficient (Wildman–Crippen LogP) is 2.78. The molecule has 0 amide bonds. The Hall–Kier alpha value is -3.48. The van der Waals surface area contributed by atoms with Crippen LogP contribution in [-0.2, 0) is 11.2 Å². The Balaban J connectivity index is 2.08. The Bertz CT molecular complexity index is 1020. The van der Waals surface area contributed by atoms with Crippen LogP contribution in [0.4, 0.5) is 0 Å². The highest BCUT2D eigenvalue weighted by Crippen LogP contribution is 2.29. The van der Waals surface area contributed by atoms with Gasteiger partial charge in [-0.15, -0.1) is 0 Å². The van der Waals surface area contributed by atoms with Crippen molar-refractivity contribution in [1.29, 1.82) is 0 Å². The highest BCUT2D eigenvalue weighted by Gasteiger charge is 2.16. The van der Waals surface area contributed by atoms with Crippen molar-refractivity contribution in [1.82, 2.24) is 4.73 Å². The average molecular weight is 369 g/mol. The summed E-state index contributed by atoms with van der Waals surface area (Å²) in [7, 11) is 4.39. The van der Waals surface area contributed by atoms with Crippen molar-refractivity contribution in [3.05, 3.63) is 64.8 Å². The standard InChI is InChI=1S/C20H19NO6/c1-25-18-10-13(19(22)23)5-4-12(18)8-15-11-21(27-3)17-7-6-14(9-16(15)17)20(24)26-2/h4-7,9-11H,8H2,1-3H3,(H,22,23). The van der Waals surface area contributed by atoms with E-state index in [0.29, 0.717) is 17.7 Å². The van der Waals surface area contributed by atoms with Gasteiger partial charge in [0.2, 0.25) is 0 Å². The first-order valence-corrected chi connectivity index (χ1v) is 8.15. The van der Waals surface area contributed by atoms with E-state index in [0.717, 1.165) is 22.0 Å². The largest absolute Gasteiger partial charge is 0.496 e. The maximum absolute atomic E-state index is 11.9. The molecule has 0 saturated heterocycles. The fourth-order valence-corrected chi connectivity index (χ4v) is 3.03. The molecule has 140 valence electrons. The van der Waals surface area contributed by atoms with Crippen LogP contribution in [0.25, 0.3) is 10.9 Å². The number of ether oxygens (including phenoxy) is 2. The molecule has 3 rings (SSSR count). The number of hydrogen-bond donors (Lipinski definition) is 1. The summed E-state index contributed by atoms with van der Waals surface area (Å²) in [6.45, 7) is 0. The summed E-state index contributed by atoms with van der Waals surface area (Å²) in [5.41, 5.74) is 3.12. The van der Waals surface area contributed by atoms with Crippen LogP contribution in [0.3, 0.4) is 0 Å². The number of aromatic nitrogens is 1. The molecule has 2 aromatic carbocycles. The van der Waals surface area contributed by atoms with E-state index in [1.165, 1.54) is 26.4 Å². The number of carbonyl (C=O) groups is 2. The first kappa shape index (κ1) is 18.3. The highest BCUT2D eigenvalue weighted by atomic mass is 16.6. The van der Waals surface area contributed by atoms with Crippen molar-refractivity contribution in [3.8, 4) is 5.75 Å². The van der Waals surface area contributed by atoms with Gasteiger partial charge in [-0.3, -0.25) is 0 Å². The molecule has 0 aliphatic carbocycles. The SMILES string of the molecule is COC(=O)c1ccc2c(c1)c(Cc1ccc(C(=O)O)cc1OC)cn2OC. The minimum atomic E-state index is -1.02. The molecule has 0 bridgehead atoms. The second-order valence-electron chi connectivity index (χ2n) is 5.89. The number of benzene rings is 2. The summed E-state index contributed by atoms with van der Waals surface area (Å²) in [5.74, 6) is -0.952. The van der Waals surface area contributed by atoms with Crippen LogP contribution in [-0.4, -0.2) is 43.1 Å². The van der Waals surface area contributed by atoms with Gasteiger partial charge >= 0.3 is 11.9 Å². The molecule has 0 atom stereocenters. The van der Waals surface area contributed by atoms with Crippen LogP contribution in [0.15, 0.2) is 42.6 Å². The number of fused-ring (bicyclic) bond motifs is 1. The number of nitrogens with zero attached hydrogens (tertiary/aromatic N) is 1. The van der Waals surface area contributed by atoms with Crippen molar-refractivity contribution < 1.29 is 29.0 Å². The summed E-state index contributed by atoms with van der Waals surface area (Å²) >= 11 is 0. The molecule has 0 aliphatic rings. The lowest BCUT2D eigenvalue weighted by atomic mass is 10.0. The zero-order valence-corrected chi connectivity index (χ0v) is 15.2. The van der Waals surface area contributed by atoms with Gasteiger partial charge in [-0.1, -0.05) is 6.07 Å². The van der Waals surface area contributed by atoms with Crippen LogP contribution in [0.1, 0.15) is 31.8 Å². The Morgan fingerprint density at radius 3 is 2.37 bits per heavy atom. The smallest absolute Gasteiger partial charge is 0.337 e. The number of hydrogen-bond acceptors (Lipinski definition) is 5. The monoisotopic (exact) mass is 369 g/mol. The molecule has 1 N–H and O–H groups in total. The van der Waals surface area contributed by atoms with E-state index in [1.54, 1.807) is 36.1 Å². The molecule has 3 aromatic rings. The summed E-state index contributed by atoms with van der Waals surface area (Å²) in [6.07, 6.45) is 2.30. The van der Waals surface area contributed by atoms with Gasteiger partial charge in [-0.25, -0.2) is 9.59 Å². The van der Waals surface area contributed by atoms with Crippen molar-refractivity contribution in [2.75, 3.05) is 21.3 Å². The molecule has 0 saturated carbocycles. The Morgan fingerprint density at radius 2 is 1.74 bits per heavy atom. The number of aromatic carboxylic acids is 1. The van der Waals surface area contributed by atoms with Crippen LogP contribution < -0.4 is 9.57 Å². The zero-order chi connectivity index (χ0) is 19.6. The maximum Gasteiger partial charge on any atom is 0.337 e. The Morgan fingerprint density at radius 1 is 1.00 bits per heavy atom. The van der Waals surface area contributed by atoms with Crippen molar-refractivity contribution in [3.63, 3.8) is 0 Å². The van der Waals surface area contributed by atoms with E-state index < -0.39 is 11.9 Å². The number of carboxylic acids is 1. The van der Waals surface area contributed by atoms with E-state index in [4.69, 9.17) is 19.4 Å². The predicted molar refractivity (Wildman–Crippen MR) is 98.5 cm³/mol. The van der Waals surface area contributed by atoms with Gasteiger partial charge in [0.15, 0.2) is 0 Å². The lowest BCUT2D eigenvalue weighted by Gasteiger charge is -2.09. The molecule has 1 aromatic heterocycles. The third kappa shape index (κ3) is 3.44. The highest BCUT2D eigenvalue weighted by molar-refractivity contribution is 5.96. The average Bonchev–Trinajstić information content (AvgIpc) is 3.04. The molecule has 27 heavy (non-hydrogen) atoms. The molecule has 7 nitrogen and oxygen atoms in total. The number of methoxy groups -OCH3 is 2. The van der Waals surface area contributed by atoms with Gasteiger partial charge in [0.25, 0.3) is 0 Å². The summed E-state index contributed by atoms with van der Waals surface area (Å²) in [4.78, 5) is 28.4. The second kappa shape index (κ2) is 7.41. The number of rotatable bonds is 6. The summed E-state index contributed by atoms with van der Waals surface area (Å²) < 4.78 is 11.8. The molecule has 1 heterocycles. The topological polar surface area (TPSA) is 87.0 Å². The molecule has 0 aliphatic heterocycles. The maximum atomic E-state index is 11.9. The third-order valence-electron chi connectivity index (χ3n) is 4.39. The first-order valence-electron chi connectivity index (χ1n) is 8.15. The Kier molecular flexibility index (Phi) is 5.03. The lowest BCUT2D eigenvalue weighted by Crippen LogP contribution is -2.04. The molecule has 0 radical (unpaired) electrons. The van der Waals surface area contributed by atoms with E-state index in [2.05, 4.69) is 0 Å². The second-order valence-corrected chi connectivity index (χ2v) is 5.89. The molecular weight excluding hydrogens is 350 g/mol. The molecular formula is C20H19NO6. The van der Waals surface area contributed by atoms with Gasteiger partial charge < -0.3 is 19.4 Å². The molecule has 7 heteroatoms. The summed E-state index contributed by atoms with van der Waals surface area (Å²) in [5, 5.41) is 9.99. The van der Waals surface area contributed by atoms with Crippen LogP contribution in [0.2, 0.25) is 0 Å². The Labute approximate surface area is 155 Å². The molecule has 0 unspecified atom stereocenters. The lowest BCUT2D eigenvalue weighted by molar-refractivity contribution is 0.0600. The summed E-state index contributed by atoms with van der Waals surface area (Å²) in [6, 6.07) is 9.98. The van der Waals surface area contributed by atoms with Crippen LogP contribution >= 0.6 is 0 Å². The van der Waals surface area contributed by atoms with Gasteiger partial charge in [-0.05, 0) is 41.5 Å². The van der Waals surface area contributed by atoms with Gasteiger partial charge in [0.1, 0.15) is 12.9 Å². The minimum absolute atomic E-state index is 0.155. The van der Waals surface area contributed by atoms with E-state index in [-0.39, 0.29) is 5.56 Å². The number of carbonyl (C=O) groups excluding carboxylic acids is 1. The van der Waals surface area contributed by atoms with Gasteiger partial charge in [-0.2, -0.15) is 4.73 Å². The minimum Gasteiger partial charge on any atom is -0.496 e. The molecule has 0 spiro atoms. The normalized spacial score (nSPS) is 10.6.